The molecule has 4 rings (SSSR count). The fourth-order valence-corrected chi connectivity index (χ4v) is 4.57. The molecule has 1 spiro atoms. The third kappa shape index (κ3) is 3.73. The first-order valence-electron chi connectivity index (χ1n) is 10.2. The predicted molar refractivity (Wildman–Crippen MR) is 114 cm³/mol. The highest BCUT2D eigenvalue weighted by Gasteiger charge is 2.53. The summed E-state index contributed by atoms with van der Waals surface area (Å²) in [6.45, 7) is 0.506. The molecule has 3 amide bonds. The Morgan fingerprint density at radius 3 is 2.77 bits per heavy atom. The molecule has 8 nitrogen and oxygen atoms in total. The zero-order valence-electron chi connectivity index (χ0n) is 17.9. The van der Waals surface area contributed by atoms with Crippen molar-refractivity contribution in [1.82, 2.24) is 20.1 Å². The molecule has 0 radical (unpaired) electrons. The second-order valence-electron chi connectivity index (χ2n) is 8.35. The van der Waals surface area contributed by atoms with Crippen LogP contribution in [0.15, 0.2) is 42.7 Å². The van der Waals surface area contributed by atoms with Gasteiger partial charge in [-0.3, -0.25) is 19.4 Å². The Labute approximate surface area is 181 Å². The first-order chi connectivity index (χ1) is 14.8. The van der Waals surface area contributed by atoms with Crippen LogP contribution in [0.2, 0.25) is 0 Å². The van der Waals surface area contributed by atoms with Crippen molar-refractivity contribution in [3.05, 3.63) is 59.4 Å². The Morgan fingerprint density at radius 1 is 1.29 bits per heavy atom. The molecule has 1 fully saturated rings. The van der Waals surface area contributed by atoms with E-state index in [1.165, 1.54) is 11.1 Å². The molecule has 3 heterocycles. The molecule has 1 aromatic heterocycles. The molecule has 2 aromatic rings. The maximum absolute atomic E-state index is 13.2. The van der Waals surface area contributed by atoms with Crippen LogP contribution in [-0.4, -0.2) is 72.3 Å². The summed E-state index contributed by atoms with van der Waals surface area (Å²) in [6, 6.07) is 8.86. The molecule has 162 valence electrons. The Hall–Kier alpha value is -3.42. The van der Waals surface area contributed by atoms with E-state index >= 15 is 0 Å². The summed E-state index contributed by atoms with van der Waals surface area (Å²) in [4.78, 5) is 46.7. The summed E-state index contributed by atoms with van der Waals surface area (Å²) >= 11 is 0. The Kier molecular flexibility index (Phi) is 5.39. The maximum Gasteiger partial charge on any atom is 0.255 e. The van der Waals surface area contributed by atoms with Crippen LogP contribution in [0.3, 0.4) is 0 Å². The van der Waals surface area contributed by atoms with Gasteiger partial charge in [0.05, 0.1) is 24.1 Å². The lowest BCUT2D eigenvalue weighted by atomic mass is 9.81. The number of pyridine rings is 1. The summed E-state index contributed by atoms with van der Waals surface area (Å²) in [5.41, 5.74) is 1.07. The Morgan fingerprint density at radius 2 is 2.10 bits per heavy atom. The molecule has 2 aliphatic heterocycles. The molecule has 1 N–H and O–H groups in total. The second kappa shape index (κ2) is 8.02. The summed E-state index contributed by atoms with van der Waals surface area (Å²) in [5, 5.41) is 3.13. The molecular weight excluding hydrogens is 396 g/mol. The fourth-order valence-electron chi connectivity index (χ4n) is 4.57. The van der Waals surface area contributed by atoms with Crippen LogP contribution in [0.25, 0.3) is 0 Å². The average Bonchev–Trinajstić information content (AvgIpc) is 3.09. The van der Waals surface area contributed by atoms with Gasteiger partial charge in [-0.2, -0.15) is 0 Å². The third-order valence-electron chi connectivity index (χ3n) is 6.24. The van der Waals surface area contributed by atoms with E-state index in [1.54, 1.807) is 50.5 Å². The molecule has 0 unspecified atom stereocenters. The molecule has 1 aromatic carbocycles. The Bertz CT molecular complexity index is 1020. The van der Waals surface area contributed by atoms with E-state index in [-0.39, 0.29) is 30.8 Å². The number of benzene rings is 1. The van der Waals surface area contributed by atoms with E-state index in [9.17, 15) is 14.4 Å². The molecule has 2 aliphatic rings. The van der Waals surface area contributed by atoms with E-state index in [1.807, 2.05) is 12.1 Å². The number of fused-ring (bicyclic) bond motifs is 1. The minimum Gasteiger partial charge on any atom is -0.497 e. The monoisotopic (exact) mass is 422 g/mol. The highest BCUT2D eigenvalue weighted by atomic mass is 16.5. The maximum atomic E-state index is 13.2. The summed E-state index contributed by atoms with van der Waals surface area (Å²) in [7, 11) is 4.95. The number of amides is 3. The number of rotatable bonds is 3. The van der Waals surface area contributed by atoms with Gasteiger partial charge in [-0.25, -0.2) is 0 Å². The number of carbonyl (C=O) groups excluding carboxylic acids is 3. The minimum atomic E-state index is -0.845. The highest BCUT2D eigenvalue weighted by molar-refractivity contribution is 5.99. The van der Waals surface area contributed by atoms with Crippen molar-refractivity contribution in [3.63, 3.8) is 0 Å². The SMILES string of the molecule is COc1ccc2c(c1)C(=O)N[C@@]1(CC2)CN(C(=O)c2cccnc2)C[C@@H]1C(=O)N(C)C. The number of hydrogen-bond donors (Lipinski definition) is 1. The van der Waals surface area contributed by atoms with Crippen molar-refractivity contribution in [2.75, 3.05) is 34.3 Å². The quantitative estimate of drug-likeness (QED) is 0.807. The molecule has 0 bridgehead atoms. The second-order valence-corrected chi connectivity index (χ2v) is 8.35. The van der Waals surface area contributed by atoms with Gasteiger partial charge in [-0.1, -0.05) is 6.07 Å². The fraction of sp³-hybridized carbons (Fsp3) is 0.391. The van der Waals surface area contributed by atoms with Crippen LogP contribution in [-0.2, 0) is 11.2 Å². The average molecular weight is 422 g/mol. The topological polar surface area (TPSA) is 91.8 Å². The van der Waals surface area contributed by atoms with Crippen LogP contribution in [0.1, 0.15) is 32.7 Å². The van der Waals surface area contributed by atoms with E-state index in [2.05, 4.69) is 10.3 Å². The van der Waals surface area contributed by atoms with Gasteiger partial charge in [-0.15, -0.1) is 0 Å². The van der Waals surface area contributed by atoms with Gasteiger partial charge in [0.1, 0.15) is 5.75 Å². The minimum absolute atomic E-state index is 0.106. The number of nitrogens with zero attached hydrogens (tertiary/aromatic N) is 3. The standard InChI is InChI=1S/C23H26N4O4/c1-26(2)22(30)19-13-27(21(29)16-5-4-10-24-12-16)14-23(19)9-8-15-6-7-17(31-3)11-18(15)20(28)25-23/h4-7,10-12,19H,8-9,13-14H2,1-3H3,(H,25,28)/t19-,23+/m1/s1. The van der Waals surface area contributed by atoms with Gasteiger partial charge < -0.3 is 19.9 Å². The Balaban J connectivity index is 1.69. The molecule has 0 saturated carbocycles. The number of hydrogen-bond acceptors (Lipinski definition) is 5. The van der Waals surface area contributed by atoms with Crippen LogP contribution < -0.4 is 10.1 Å². The lowest BCUT2D eigenvalue weighted by Gasteiger charge is -2.34. The van der Waals surface area contributed by atoms with Crippen LogP contribution in [0, 0.1) is 5.92 Å². The van der Waals surface area contributed by atoms with E-state index in [4.69, 9.17) is 4.74 Å². The molecule has 31 heavy (non-hydrogen) atoms. The van der Waals surface area contributed by atoms with Gasteiger partial charge >= 0.3 is 0 Å². The van der Waals surface area contributed by atoms with Crippen LogP contribution in [0.5, 0.6) is 5.75 Å². The molecule has 2 atom stereocenters. The normalized spacial score (nSPS) is 22.5. The van der Waals surface area contributed by atoms with Crippen molar-refractivity contribution in [2.24, 2.45) is 5.92 Å². The van der Waals surface area contributed by atoms with Crippen molar-refractivity contribution in [1.29, 1.82) is 0 Å². The molecule has 1 saturated heterocycles. The third-order valence-corrected chi connectivity index (χ3v) is 6.24. The van der Waals surface area contributed by atoms with Crippen molar-refractivity contribution >= 4 is 17.7 Å². The van der Waals surface area contributed by atoms with Crippen LogP contribution >= 0.6 is 0 Å². The number of aromatic nitrogens is 1. The summed E-state index contributed by atoms with van der Waals surface area (Å²) in [5.74, 6) is -0.489. The van der Waals surface area contributed by atoms with Crippen molar-refractivity contribution in [2.45, 2.75) is 18.4 Å². The molecular formula is C23H26N4O4. The number of ether oxygens (including phenoxy) is 1. The van der Waals surface area contributed by atoms with Gasteiger partial charge in [-0.05, 0) is 42.7 Å². The predicted octanol–water partition coefficient (Wildman–Crippen LogP) is 1.37. The van der Waals surface area contributed by atoms with E-state index in [0.29, 0.717) is 29.7 Å². The first-order valence-corrected chi connectivity index (χ1v) is 10.2. The van der Waals surface area contributed by atoms with E-state index < -0.39 is 11.5 Å². The zero-order chi connectivity index (χ0) is 22.2. The number of likely N-dealkylation sites (tertiary alicyclic amines) is 1. The zero-order valence-corrected chi connectivity index (χ0v) is 17.9. The van der Waals surface area contributed by atoms with Gasteiger partial charge in [0.25, 0.3) is 11.8 Å². The van der Waals surface area contributed by atoms with Gasteiger partial charge in [0.15, 0.2) is 0 Å². The van der Waals surface area contributed by atoms with E-state index in [0.717, 1.165) is 5.56 Å². The molecule has 0 aliphatic carbocycles. The van der Waals surface area contributed by atoms with Gasteiger partial charge in [0.2, 0.25) is 5.91 Å². The number of aryl methyl sites for hydroxylation is 1. The van der Waals surface area contributed by atoms with Gasteiger partial charge in [0, 0.05) is 45.1 Å². The largest absolute Gasteiger partial charge is 0.497 e. The highest BCUT2D eigenvalue weighted by Crippen LogP contribution is 2.37. The summed E-state index contributed by atoms with van der Waals surface area (Å²) in [6.07, 6.45) is 4.30. The first kappa shape index (κ1) is 20.8. The lowest BCUT2D eigenvalue weighted by Crippen LogP contribution is -2.57. The van der Waals surface area contributed by atoms with Crippen molar-refractivity contribution < 1.29 is 19.1 Å². The van der Waals surface area contributed by atoms with Crippen molar-refractivity contribution in [3.8, 4) is 5.75 Å². The number of nitrogens with one attached hydrogen (secondary N) is 1. The molecule has 8 heteroatoms. The number of methoxy groups -OCH3 is 1. The lowest BCUT2D eigenvalue weighted by molar-refractivity contribution is -0.134. The number of carbonyl (C=O) groups is 3. The summed E-state index contributed by atoms with van der Waals surface area (Å²) < 4.78 is 5.28. The van der Waals surface area contributed by atoms with Crippen LogP contribution in [0.4, 0.5) is 0 Å². The smallest absolute Gasteiger partial charge is 0.255 e.